The molecule has 3 heteroatoms. The van der Waals surface area contributed by atoms with Gasteiger partial charge in [0.15, 0.2) is 0 Å². The van der Waals surface area contributed by atoms with Crippen LogP contribution < -0.4 is 0 Å². The first-order valence-electron chi connectivity index (χ1n) is 6.22. The molecule has 1 aliphatic carbocycles. The minimum atomic E-state index is 0.0537. The number of nitrogens with zero attached hydrogens (tertiary/aromatic N) is 1. The summed E-state index contributed by atoms with van der Waals surface area (Å²) >= 11 is 6.17. The number of carbonyl (C=O) groups excluding carboxylic acids is 1. The van der Waals surface area contributed by atoms with Crippen molar-refractivity contribution in [3.05, 3.63) is 33.8 Å². The minimum absolute atomic E-state index is 0.0537. The standard InChI is InChI=1S/C15H14ClNO/c1-3-10-6-12-8-17(9(2)11-4-5-11)15(18)14(12)13(16)7-10/h1,6-7,9,11H,4-5,8H2,2H3/t9-/m0/s1. The van der Waals surface area contributed by atoms with Crippen LogP contribution in [0.15, 0.2) is 12.1 Å². The number of hydrogen-bond acceptors (Lipinski definition) is 1. The van der Waals surface area contributed by atoms with E-state index in [0.29, 0.717) is 29.1 Å². The van der Waals surface area contributed by atoms with Crippen LogP contribution in [0.5, 0.6) is 0 Å². The Balaban J connectivity index is 1.98. The molecule has 3 rings (SSSR count). The van der Waals surface area contributed by atoms with Crippen molar-refractivity contribution < 1.29 is 4.79 Å². The lowest BCUT2D eigenvalue weighted by Crippen LogP contribution is -2.34. The highest BCUT2D eigenvalue weighted by atomic mass is 35.5. The molecule has 1 aromatic carbocycles. The van der Waals surface area contributed by atoms with E-state index in [-0.39, 0.29) is 5.91 Å². The molecule has 1 heterocycles. The molecule has 1 atom stereocenters. The van der Waals surface area contributed by atoms with Crippen molar-refractivity contribution in [1.82, 2.24) is 4.90 Å². The maximum Gasteiger partial charge on any atom is 0.256 e. The number of hydrogen-bond donors (Lipinski definition) is 0. The summed E-state index contributed by atoms with van der Waals surface area (Å²) in [7, 11) is 0. The third-order valence-corrected chi connectivity index (χ3v) is 4.25. The zero-order chi connectivity index (χ0) is 12.9. The van der Waals surface area contributed by atoms with E-state index in [1.807, 2.05) is 11.0 Å². The fourth-order valence-electron chi connectivity index (χ4n) is 2.67. The zero-order valence-electron chi connectivity index (χ0n) is 10.2. The molecule has 0 unspecified atom stereocenters. The van der Waals surface area contributed by atoms with Crippen LogP contribution in [-0.2, 0) is 6.54 Å². The first-order valence-corrected chi connectivity index (χ1v) is 6.59. The highest BCUT2D eigenvalue weighted by Crippen LogP contribution is 2.39. The van der Waals surface area contributed by atoms with Crippen molar-refractivity contribution in [2.45, 2.75) is 32.4 Å². The van der Waals surface area contributed by atoms with Gasteiger partial charge in [0.2, 0.25) is 0 Å². The van der Waals surface area contributed by atoms with Crippen molar-refractivity contribution >= 4 is 17.5 Å². The van der Waals surface area contributed by atoms with Gasteiger partial charge in [0, 0.05) is 18.2 Å². The molecule has 1 aliphatic heterocycles. The molecule has 0 aromatic heterocycles. The van der Waals surface area contributed by atoms with Gasteiger partial charge in [-0.1, -0.05) is 17.5 Å². The lowest BCUT2D eigenvalue weighted by molar-refractivity contribution is 0.0697. The second-order valence-electron chi connectivity index (χ2n) is 5.15. The van der Waals surface area contributed by atoms with E-state index in [9.17, 15) is 4.79 Å². The van der Waals surface area contributed by atoms with Gasteiger partial charge in [0.25, 0.3) is 5.91 Å². The second-order valence-corrected chi connectivity index (χ2v) is 5.55. The van der Waals surface area contributed by atoms with Crippen LogP contribution >= 0.6 is 11.6 Å². The van der Waals surface area contributed by atoms with Gasteiger partial charge >= 0.3 is 0 Å². The number of carbonyl (C=O) groups is 1. The Bertz CT molecular complexity index is 569. The normalized spacial score (nSPS) is 19.6. The quantitative estimate of drug-likeness (QED) is 0.748. The Morgan fingerprint density at radius 3 is 2.83 bits per heavy atom. The van der Waals surface area contributed by atoms with E-state index in [1.165, 1.54) is 12.8 Å². The number of terminal acetylenes is 1. The van der Waals surface area contributed by atoms with Crippen LogP contribution in [0.2, 0.25) is 5.02 Å². The predicted molar refractivity (Wildman–Crippen MR) is 71.4 cm³/mol. The van der Waals surface area contributed by atoms with E-state index < -0.39 is 0 Å². The fourth-order valence-corrected chi connectivity index (χ4v) is 2.99. The topological polar surface area (TPSA) is 20.3 Å². The molecule has 2 aliphatic rings. The van der Waals surface area contributed by atoms with Gasteiger partial charge in [-0.3, -0.25) is 4.79 Å². The van der Waals surface area contributed by atoms with Gasteiger partial charge < -0.3 is 4.90 Å². The van der Waals surface area contributed by atoms with Crippen LogP contribution in [0.1, 0.15) is 41.3 Å². The molecule has 0 saturated heterocycles. The van der Waals surface area contributed by atoms with Crippen molar-refractivity contribution in [2.24, 2.45) is 5.92 Å². The lowest BCUT2D eigenvalue weighted by atomic mass is 10.1. The van der Waals surface area contributed by atoms with Gasteiger partial charge in [-0.2, -0.15) is 0 Å². The minimum Gasteiger partial charge on any atom is -0.331 e. The summed E-state index contributed by atoms with van der Waals surface area (Å²) in [6, 6.07) is 3.90. The molecule has 0 spiro atoms. The van der Waals surface area contributed by atoms with Gasteiger partial charge in [-0.25, -0.2) is 0 Å². The first-order chi connectivity index (χ1) is 8.61. The Morgan fingerprint density at radius 2 is 2.22 bits per heavy atom. The molecule has 0 radical (unpaired) electrons. The third kappa shape index (κ3) is 1.71. The number of halogens is 1. The first kappa shape index (κ1) is 11.6. The van der Waals surface area contributed by atoms with E-state index in [4.69, 9.17) is 18.0 Å². The van der Waals surface area contributed by atoms with Crippen molar-refractivity contribution in [3.8, 4) is 12.3 Å². The van der Waals surface area contributed by atoms with Crippen molar-refractivity contribution in [3.63, 3.8) is 0 Å². The SMILES string of the molecule is C#Cc1cc(Cl)c2c(c1)CN([C@@H](C)C1CC1)C2=O. The van der Waals surface area contributed by atoms with Crippen LogP contribution in [0, 0.1) is 18.3 Å². The van der Waals surface area contributed by atoms with Crippen LogP contribution in [0.4, 0.5) is 0 Å². The number of amides is 1. The summed E-state index contributed by atoms with van der Waals surface area (Å²) in [5.41, 5.74) is 2.35. The van der Waals surface area contributed by atoms with E-state index in [0.717, 1.165) is 11.1 Å². The van der Waals surface area contributed by atoms with Gasteiger partial charge in [0.1, 0.15) is 0 Å². The van der Waals surface area contributed by atoms with Gasteiger partial charge in [-0.05, 0) is 43.4 Å². The number of fused-ring (bicyclic) bond motifs is 1. The zero-order valence-corrected chi connectivity index (χ0v) is 11.0. The summed E-state index contributed by atoms with van der Waals surface area (Å²) in [4.78, 5) is 14.3. The Hall–Kier alpha value is -1.46. The van der Waals surface area contributed by atoms with Gasteiger partial charge in [0.05, 0.1) is 10.6 Å². The molecular formula is C15H14ClNO. The molecule has 18 heavy (non-hydrogen) atoms. The molecule has 2 nitrogen and oxygen atoms in total. The maximum atomic E-state index is 12.4. The summed E-state index contributed by atoms with van der Waals surface area (Å²) in [5.74, 6) is 3.29. The summed E-state index contributed by atoms with van der Waals surface area (Å²) in [6.07, 6.45) is 7.85. The average molecular weight is 260 g/mol. The molecule has 92 valence electrons. The summed E-state index contributed by atoms with van der Waals surface area (Å²) in [6.45, 7) is 2.76. The molecule has 0 N–H and O–H groups in total. The molecule has 0 bridgehead atoms. The third-order valence-electron chi connectivity index (χ3n) is 3.95. The number of rotatable bonds is 2. The van der Waals surface area contributed by atoms with Gasteiger partial charge in [-0.15, -0.1) is 6.42 Å². The van der Waals surface area contributed by atoms with Crippen molar-refractivity contribution in [1.29, 1.82) is 0 Å². The molecule has 1 aromatic rings. The highest BCUT2D eigenvalue weighted by molar-refractivity contribution is 6.34. The monoisotopic (exact) mass is 259 g/mol. The second kappa shape index (κ2) is 4.03. The Morgan fingerprint density at radius 1 is 1.50 bits per heavy atom. The average Bonchev–Trinajstić information content (AvgIpc) is 3.13. The van der Waals surface area contributed by atoms with Crippen LogP contribution in [-0.4, -0.2) is 16.8 Å². The van der Waals surface area contributed by atoms with E-state index >= 15 is 0 Å². The lowest BCUT2D eigenvalue weighted by Gasteiger charge is -2.23. The molecular weight excluding hydrogens is 246 g/mol. The molecule has 1 fully saturated rings. The smallest absolute Gasteiger partial charge is 0.256 e. The van der Waals surface area contributed by atoms with Crippen LogP contribution in [0.25, 0.3) is 0 Å². The molecule has 1 saturated carbocycles. The predicted octanol–water partition coefficient (Wildman–Crippen LogP) is 3.08. The largest absolute Gasteiger partial charge is 0.331 e. The van der Waals surface area contributed by atoms with E-state index in [2.05, 4.69) is 12.8 Å². The van der Waals surface area contributed by atoms with Crippen LogP contribution in [0.3, 0.4) is 0 Å². The Labute approximate surface area is 112 Å². The maximum absolute atomic E-state index is 12.4. The summed E-state index contributed by atoms with van der Waals surface area (Å²) < 4.78 is 0. The molecule has 1 amide bonds. The fraction of sp³-hybridized carbons (Fsp3) is 0.400. The summed E-state index contributed by atoms with van der Waals surface area (Å²) in [5, 5.41) is 0.482. The Kier molecular flexibility index (Phi) is 2.60. The number of benzene rings is 1. The highest BCUT2D eigenvalue weighted by Gasteiger charge is 2.39. The van der Waals surface area contributed by atoms with Crippen molar-refractivity contribution in [2.75, 3.05) is 0 Å². The van der Waals surface area contributed by atoms with E-state index in [1.54, 1.807) is 6.07 Å².